The molecule has 4 nitrogen and oxygen atoms in total. The van der Waals surface area contributed by atoms with E-state index in [0.29, 0.717) is 30.3 Å². The van der Waals surface area contributed by atoms with Gasteiger partial charge in [-0.15, -0.1) is 0 Å². The fraction of sp³-hybridized carbons (Fsp3) is 0.462. The molecule has 1 atom stereocenters. The van der Waals surface area contributed by atoms with Gasteiger partial charge in [0.25, 0.3) is 0 Å². The quantitative estimate of drug-likeness (QED) is 0.859. The first-order chi connectivity index (χ1) is 8.56. The van der Waals surface area contributed by atoms with E-state index in [4.69, 9.17) is 22.1 Å². The maximum Gasteiger partial charge on any atom is 0.239 e. The van der Waals surface area contributed by atoms with E-state index in [1.165, 1.54) is 0 Å². The Morgan fingerprint density at radius 1 is 1.50 bits per heavy atom. The van der Waals surface area contributed by atoms with Crippen molar-refractivity contribution in [2.45, 2.75) is 19.4 Å². The number of nitrogens with zero attached hydrogens (tertiary/aromatic N) is 1. The van der Waals surface area contributed by atoms with E-state index in [0.717, 1.165) is 0 Å². The molecular formula is C13H19ClN2O2. The molecular weight excluding hydrogens is 252 g/mol. The third-order valence-electron chi connectivity index (χ3n) is 2.65. The Morgan fingerprint density at radius 2 is 2.17 bits per heavy atom. The third kappa shape index (κ3) is 4.20. The number of carbonyl (C=O) groups is 1. The molecule has 1 aromatic rings. The van der Waals surface area contributed by atoms with Gasteiger partial charge in [-0.2, -0.15) is 0 Å². The first-order valence-electron chi connectivity index (χ1n) is 5.94. The first-order valence-corrected chi connectivity index (χ1v) is 6.32. The van der Waals surface area contributed by atoms with Crippen LogP contribution in [0.1, 0.15) is 13.3 Å². The molecule has 0 heterocycles. The topological polar surface area (TPSA) is 55.6 Å². The van der Waals surface area contributed by atoms with Crippen LogP contribution >= 0.6 is 11.6 Å². The summed E-state index contributed by atoms with van der Waals surface area (Å²) in [5, 5.41) is 0.566. The van der Waals surface area contributed by atoms with Gasteiger partial charge < -0.3 is 15.4 Å². The summed E-state index contributed by atoms with van der Waals surface area (Å²) in [5.74, 6) is 0.556. The third-order valence-corrected chi connectivity index (χ3v) is 2.97. The fourth-order valence-corrected chi connectivity index (χ4v) is 1.61. The van der Waals surface area contributed by atoms with Crippen molar-refractivity contribution in [1.82, 2.24) is 4.90 Å². The molecule has 0 fully saturated rings. The number of likely N-dealkylation sites (N-methyl/N-ethyl adjacent to an activating group) is 1. The average Bonchev–Trinajstić information content (AvgIpc) is 2.39. The normalized spacial score (nSPS) is 12.0. The van der Waals surface area contributed by atoms with Gasteiger partial charge in [-0.25, -0.2) is 0 Å². The molecule has 0 saturated heterocycles. The summed E-state index contributed by atoms with van der Waals surface area (Å²) in [6, 6.07) is 6.81. The molecule has 0 aliphatic carbocycles. The van der Waals surface area contributed by atoms with Crippen molar-refractivity contribution in [3.63, 3.8) is 0 Å². The van der Waals surface area contributed by atoms with Crippen LogP contribution in [-0.4, -0.2) is 37.0 Å². The molecule has 0 aromatic heterocycles. The van der Waals surface area contributed by atoms with Crippen LogP contribution in [0.4, 0.5) is 0 Å². The van der Waals surface area contributed by atoms with Gasteiger partial charge in [-0.3, -0.25) is 4.79 Å². The number of nitrogens with two attached hydrogens (primary N) is 1. The highest BCUT2D eigenvalue weighted by atomic mass is 35.5. The Kier molecular flexibility index (Phi) is 5.95. The molecule has 1 aromatic carbocycles. The summed E-state index contributed by atoms with van der Waals surface area (Å²) in [7, 11) is 1.72. The monoisotopic (exact) mass is 270 g/mol. The first kappa shape index (κ1) is 14.8. The van der Waals surface area contributed by atoms with E-state index in [-0.39, 0.29) is 5.91 Å². The molecule has 0 unspecified atom stereocenters. The van der Waals surface area contributed by atoms with E-state index < -0.39 is 6.04 Å². The molecule has 100 valence electrons. The predicted molar refractivity (Wildman–Crippen MR) is 72.9 cm³/mol. The minimum atomic E-state index is -0.435. The average molecular weight is 271 g/mol. The van der Waals surface area contributed by atoms with E-state index in [1.54, 1.807) is 24.1 Å². The highest BCUT2D eigenvalue weighted by Crippen LogP contribution is 2.22. The van der Waals surface area contributed by atoms with E-state index in [9.17, 15) is 4.79 Å². The summed E-state index contributed by atoms with van der Waals surface area (Å²) in [6.07, 6.45) is 0.633. The van der Waals surface area contributed by atoms with Crippen LogP contribution in [0.2, 0.25) is 5.02 Å². The number of halogens is 1. The minimum absolute atomic E-state index is 0.0692. The molecule has 0 spiro atoms. The van der Waals surface area contributed by atoms with E-state index in [1.807, 2.05) is 19.1 Å². The van der Waals surface area contributed by atoms with Crippen LogP contribution in [-0.2, 0) is 4.79 Å². The van der Waals surface area contributed by atoms with Crippen molar-refractivity contribution in [2.75, 3.05) is 20.2 Å². The van der Waals surface area contributed by atoms with Crippen molar-refractivity contribution in [3.05, 3.63) is 29.3 Å². The second-order valence-electron chi connectivity index (χ2n) is 4.05. The van der Waals surface area contributed by atoms with Gasteiger partial charge >= 0.3 is 0 Å². The maximum atomic E-state index is 11.7. The largest absolute Gasteiger partial charge is 0.490 e. The SMILES string of the molecule is CC[C@H](N)C(=O)N(C)CCOc1ccccc1Cl. The number of hydrogen-bond acceptors (Lipinski definition) is 3. The fourth-order valence-electron chi connectivity index (χ4n) is 1.42. The second kappa shape index (κ2) is 7.24. The summed E-state index contributed by atoms with van der Waals surface area (Å²) >= 11 is 5.95. The van der Waals surface area contributed by atoms with Gasteiger partial charge in [0.2, 0.25) is 5.91 Å². The lowest BCUT2D eigenvalue weighted by Crippen LogP contribution is -2.42. The summed E-state index contributed by atoms with van der Waals surface area (Å²) in [5.41, 5.74) is 5.67. The van der Waals surface area contributed by atoms with Crippen molar-refractivity contribution in [3.8, 4) is 5.75 Å². The van der Waals surface area contributed by atoms with Gasteiger partial charge in [-0.1, -0.05) is 30.7 Å². The molecule has 2 N–H and O–H groups in total. The van der Waals surface area contributed by atoms with Gasteiger partial charge in [0.15, 0.2) is 0 Å². The highest BCUT2D eigenvalue weighted by Gasteiger charge is 2.15. The molecule has 0 saturated carbocycles. The van der Waals surface area contributed by atoms with Crippen LogP contribution in [0.5, 0.6) is 5.75 Å². The molecule has 0 aliphatic heterocycles. The highest BCUT2D eigenvalue weighted by molar-refractivity contribution is 6.32. The number of hydrogen-bond donors (Lipinski definition) is 1. The number of rotatable bonds is 6. The number of amides is 1. The Hall–Kier alpha value is -1.26. The van der Waals surface area contributed by atoms with Crippen LogP contribution in [0.3, 0.4) is 0 Å². The number of ether oxygens (including phenoxy) is 1. The van der Waals surface area contributed by atoms with Gasteiger partial charge in [-0.05, 0) is 18.6 Å². The van der Waals surface area contributed by atoms with Crippen LogP contribution < -0.4 is 10.5 Å². The number of para-hydroxylation sites is 1. The smallest absolute Gasteiger partial charge is 0.239 e. The van der Waals surface area contributed by atoms with Crippen LogP contribution in [0, 0.1) is 0 Å². The second-order valence-corrected chi connectivity index (χ2v) is 4.46. The van der Waals surface area contributed by atoms with Crippen molar-refractivity contribution < 1.29 is 9.53 Å². The lowest BCUT2D eigenvalue weighted by molar-refractivity contribution is -0.131. The number of benzene rings is 1. The Labute approximate surface area is 113 Å². The van der Waals surface area contributed by atoms with Crippen LogP contribution in [0.25, 0.3) is 0 Å². The van der Waals surface area contributed by atoms with E-state index >= 15 is 0 Å². The molecule has 1 amide bonds. The zero-order valence-electron chi connectivity index (χ0n) is 10.7. The zero-order valence-corrected chi connectivity index (χ0v) is 11.5. The predicted octanol–water partition coefficient (Wildman–Crippen LogP) is 1.91. The summed E-state index contributed by atoms with van der Waals surface area (Å²) in [6.45, 7) is 2.76. The van der Waals surface area contributed by atoms with E-state index in [2.05, 4.69) is 0 Å². The van der Waals surface area contributed by atoms with Gasteiger partial charge in [0.05, 0.1) is 17.6 Å². The van der Waals surface area contributed by atoms with Gasteiger partial charge in [0, 0.05) is 7.05 Å². The van der Waals surface area contributed by atoms with Crippen molar-refractivity contribution in [2.24, 2.45) is 5.73 Å². The number of carbonyl (C=O) groups excluding carboxylic acids is 1. The molecule has 0 bridgehead atoms. The van der Waals surface area contributed by atoms with Gasteiger partial charge in [0.1, 0.15) is 12.4 Å². The summed E-state index contributed by atoms with van der Waals surface area (Å²) < 4.78 is 5.50. The Balaban J connectivity index is 2.38. The molecule has 5 heteroatoms. The van der Waals surface area contributed by atoms with Crippen molar-refractivity contribution in [1.29, 1.82) is 0 Å². The molecule has 0 radical (unpaired) electrons. The summed E-state index contributed by atoms with van der Waals surface area (Å²) in [4.78, 5) is 13.3. The molecule has 18 heavy (non-hydrogen) atoms. The molecule has 0 aliphatic rings. The standard InChI is InChI=1S/C13H19ClN2O2/c1-3-11(15)13(17)16(2)8-9-18-12-7-5-4-6-10(12)14/h4-7,11H,3,8-9,15H2,1-2H3/t11-/m0/s1. The van der Waals surface area contributed by atoms with Crippen LogP contribution in [0.15, 0.2) is 24.3 Å². The maximum absolute atomic E-state index is 11.7. The lowest BCUT2D eigenvalue weighted by atomic mass is 10.2. The lowest BCUT2D eigenvalue weighted by Gasteiger charge is -2.20. The molecule has 1 rings (SSSR count). The Bertz CT molecular complexity index is 398. The zero-order chi connectivity index (χ0) is 13.5. The van der Waals surface area contributed by atoms with Crippen molar-refractivity contribution >= 4 is 17.5 Å². The minimum Gasteiger partial charge on any atom is -0.490 e. The Morgan fingerprint density at radius 3 is 2.78 bits per heavy atom.